The Hall–Kier alpha value is -3.20. The van der Waals surface area contributed by atoms with Crippen molar-refractivity contribution in [2.24, 2.45) is 0 Å². The van der Waals surface area contributed by atoms with Crippen LogP contribution in [0.15, 0.2) is 47.2 Å². The summed E-state index contributed by atoms with van der Waals surface area (Å²) in [6, 6.07) is 8.81. The van der Waals surface area contributed by atoms with Crippen molar-refractivity contribution < 1.29 is 14.1 Å². The number of benzene rings is 1. The zero-order valence-corrected chi connectivity index (χ0v) is 14.3. The summed E-state index contributed by atoms with van der Waals surface area (Å²) in [5.41, 5.74) is 0.555. The molecule has 2 amide bonds. The summed E-state index contributed by atoms with van der Waals surface area (Å²) in [7, 11) is 0. The van der Waals surface area contributed by atoms with Gasteiger partial charge in [0.15, 0.2) is 5.82 Å². The van der Waals surface area contributed by atoms with E-state index in [1.54, 1.807) is 30.5 Å². The SMILES string of the molecule is O=C(NCCNC(=O)c1nc(Cn2cc(Cl)cn2)no1)c1ccccc1. The molecule has 26 heavy (non-hydrogen) atoms. The van der Waals surface area contributed by atoms with Crippen molar-refractivity contribution in [3.8, 4) is 0 Å². The van der Waals surface area contributed by atoms with Gasteiger partial charge in [0.25, 0.3) is 5.91 Å². The van der Waals surface area contributed by atoms with Crippen LogP contribution in [0.3, 0.4) is 0 Å². The molecule has 0 fully saturated rings. The van der Waals surface area contributed by atoms with Crippen molar-refractivity contribution >= 4 is 23.4 Å². The predicted octanol–water partition coefficient (Wildman–Crippen LogP) is 1.13. The first kappa shape index (κ1) is 17.6. The summed E-state index contributed by atoms with van der Waals surface area (Å²) in [6.07, 6.45) is 3.09. The third-order valence-corrected chi connectivity index (χ3v) is 3.49. The number of aromatic nitrogens is 4. The van der Waals surface area contributed by atoms with E-state index in [-0.39, 0.29) is 31.4 Å². The van der Waals surface area contributed by atoms with Gasteiger partial charge < -0.3 is 15.2 Å². The second-order valence-corrected chi connectivity index (χ2v) is 5.69. The maximum Gasteiger partial charge on any atom is 0.316 e. The average Bonchev–Trinajstić information content (AvgIpc) is 3.28. The molecule has 0 unspecified atom stereocenters. The van der Waals surface area contributed by atoms with Gasteiger partial charge >= 0.3 is 11.8 Å². The Kier molecular flexibility index (Phi) is 5.59. The highest BCUT2D eigenvalue weighted by atomic mass is 35.5. The second-order valence-electron chi connectivity index (χ2n) is 5.25. The normalized spacial score (nSPS) is 10.5. The van der Waals surface area contributed by atoms with Crippen molar-refractivity contribution in [1.82, 2.24) is 30.6 Å². The molecule has 1 aromatic carbocycles. The van der Waals surface area contributed by atoms with Crippen LogP contribution in [0.2, 0.25) is 5.02 Å². The highest BCUT2D eigenvalue weighted by Gasteiger charge is 2.15. The topological polar surface area (TPSA) is 115 Å². The molecule has 3 aromatic rings. The number of halogens is 1. The zero-order valence-electron chi connectivity index (χ0n) is 13.6. The summed E-state index contributed by atoms with van der Waals surface area (Å²) in [5.74, 6) is -0.589. The number of carbonyl (C=O) groups excluding carboxylic acids is 2. The summed E-state index contributed by atoms with van der Waals surface area (Å²) in [5, 5.41) is 13.5. The Labute approximate surface area is 153 Å². The predicted molar refractivity (Wildman–Crippen MR) is 91.7 cm³/mol. The summed E-state index contributed by atoms with van der Waals surface area (Å²) >= 11 is 5.77. The van der Waals surface area contributed by atoms with Gasteiger partial charge in [0.2, 0.25) is 0 Å². The fourth-order valence-corrected chi connectivity index (χ4v) is 2.26. The maximum absolute atomic E-state index is 12.0. The molecule has 2 heterocycles. The molecule has 3 rings (SSSR count). The lowest BCUT2D eigenvalue weighted by atomic mass is 10.2. The first-order valence-electron chi connectivity index (χ1n) is 7.74. The van der Waals surface area contributed by atoms with E-state index >= 15 is 0 Å². The van der Waals surface area contributed by atoms with E-state index in [4.69, 9.17) is 16.1 Å². The molecule has 10 heteroatoms. The van der Waals surface area contributed by atoms with Crippen LogP contribution in [-0.4, -0.2) is 44.8 Å². The molecule has 0 atom stereocenters. The molecular formula is C16H15ClN6O3. The van der Waals surface area contributed by atoms with Gasteiger partial charge in [-0.3, -0.25) is 14.3 Å². The molecule has 0 bridgehead atoms. The molecule has 0 aliphatic heterocycles. The number of hydrogen-bond donors (Lipinski definition) is 2. The van der Waals surface area contributed by atoms with E-state index in [2.05, 4.69) is 25.9 Å². The van der Waals surface area contributed by atoms with E-state index in [9.17, 15) is 9.59 Å². The smallest absolute Gasteiger partial charge is 0.316 e. The Balaban J connectivity index is 1.43. The summed E-state index contributed by atoms with van der Waals surface area (Å²) in [6.45, 7) is 0.729. The number of carbonyl (C=O) groups is 2. The molecule has 0 radical (unpaired) electrons. The number of nitrogens with zero attached hydrogens (tertiary/aromatic N) is 4. The minimum Gasteiger partial charge on any atom is -0.350 e. The number of hydrogen-bond acceptors (Lipinski definition) is 6. The number of rotatable bonds is 7. The molecule has 0 saturated carbocycles. The lowest BCUT2D eigenvalue weighted by molar-refractivity contribution is 0.0898. The second kappa shape index (κ2) is 8.26. The summed E-state index contributed by atoms with van der Waals surface area (Å²) < 4.78 is 6.44. The molecule has 0 aliphatic rings. The van der Waals surface area contributed by atoms with Crippen molar-refractivity contribution in [2.45, 2.75) is 6.54 Å². The van der Waals surface area contributed by atoms with E-state index in [1.807, 2.05) is 6.07 Å². The molecule has 0 saturated heterocycles. The average molecular weight is 375 g/mol. The van der Waals surface area contributed by atoms with Gasteiger partial charge in [0, 0.05) is 24.8 Å². The molecular weight excluding hydrogens is 360 g/mol. The highest BCUT2D eigenvalue weighted by Crippen LogP contribution is 2.06. The largest absolute Gasteiger partial charge is 0.350 e. The molecule has 2 aromatic heterocycles. The van der Waals surface area contributed by atoms with Crippen LogP contribution in [0.4, 0.5) is 0 Å². The molecule has 2 N–H and O–H groups in total. The van der Waals surface area contributed by atoms with E-state index in [0.717, 1.165) is 0 Å². The standard InChI is InChI=1S/C16H15ClN6O3/c17-12-8-20-23(9-12)10-13-21-16(26-22-13)15(25)19-7-6-18-14(24)11-4-2-1-3-5-11/h1-5,8-9H,6-7,10H2,(H,18,24)(H,19,25). The van der Waals surface area contributed by atoms with Crippen LogP contribution in [0, 0.1) is 0 Å². The van der Waals surface area contributed by atoms with E-state index < -0.39 is 5.91 Å². The van der Waals surface area contributed by atoms with Crippen LogP contribution in [0.1, 0.15) is 26.9 Å². The van der Waals surface area contributed by atoms with Crippen molar-refractivity contribution in [1.29, 1.82) is 0 Å². The van der Waals surface area contributed by atoms with Crippen LogP contribution < -0.4 is 10.6 Å². The van der Waals surface area contributed by atoms with E-state index in [1.165, 1.54) is 10.9 Å². The Morgan fingerprint density at radius 2 is 1.85 bits per heavy atom. The monoisotopic (exact) mass is 374 g/mol. The number of nitrogens with one attached hydrogen (secondary N) is 2. The Bertz CT molecular complexity index is 892. The van der Waals surface area contributed by atoms with Crippen molar-refractivity contribution in [3.05, 3.63) is 65.0 Å². The minimum absolute atomic E-state index is 0.160. The maximum atomic E-state index is 12.0. The third-order valence-electron chi connectivity index (χ3n) is 3.30. The van der Waals surface area contributed by atoms with Crippen LogP contribution in [0.25, 0.3) is 0 Å². The Morgan fingerprint density at radius 1 is 1.12 bits per heavy atom. The lowest BCUT2D eigenvalue weighted by Crippen LogP contribution is -2.34. The van der Waals surface area contributed by atoms with Crippen LogP contribution in [0.5, 0.6) is 0 Å². The quantitative estimate of drug-likeness (QED) is 0.599. The van der Waals surface area contributed by atoms with Gasteiger partial charge in [0.1, 0.15) is 6.54 Å². The molecule has 0 aliphatic carbocycles. The van der Waals surface area contributed by atoms with Crippen LogP contribution >= 0.6 is 11.6 Å². The van der Waals surface area contributed by atoms with Gasteiger partial charge in [-0.15, -0.1) is 0 Å². The van der Waals surface area contributed by atoms with Crippen molar-refractivity contribution in [2.75, 3.05) is 13.1 Å². The van der Waals surface area contributed by atoms with Gasteiger partial charge in [0.05, 0.1) is 11.2 Å². The highest BCUT2D eigenvalue weighted by molar-refractivity contribution is 6.30. The lowest BCUT2D eigenvalue weighted by Gasteiger charge is -2.05. The van der Waals surface area contributed by atoms with Crippen molar-refractivity contribution in [3.63, 3.8) is 0 Å². The molecule has 9 nitrogen and oxygen atoms in total. The van der Waals surface area contributed by atoms with Crippen LogP contribution in [-0.2, 0) is 6.54 Å². The first-order chi connectivity index (χ1) is 12.6. The van der Waals surface area contributed by atoms with Gasteiger partial charge in [-0.05, 0) is 12.1 Å². The molecule has 134 valence electrons. The zero-order chi connectivity index (χ0) is 18.4. The number of amides is 2. The molecule has 0 spiro atoms. The fourth-order valence-electron chi connectivity index (χ4n) is 2.10. The van der Waals surface area contributed by atoms with Gasteiger partial charge in [-0.1, -0.05) is 35.0 Å². The first-order valence-corrected chi connectivity index (χ1v) is 8.11. The van der Waals surface area contributed by atoms with E-state index in [0.29, 0.717) is 16.4 Å². The minimum atomic E-state index is -0.517. The fraction of sp³-hybridized carbons (Fsp3) is 0.188. The summed E-state index contributed by atoms with van der Waals surface area (Å²) in [4.78, 5) is 27.8. The third kappa shape index (κ3) is 4.67. The van der Waals surface area contributed by atoms with Gasteiger partial charge in [-0.25, -0.2) is 0 Å². The Morgan fingerprint density at radius 3 is 2.54 bits per heavy atom. The van der Waals surface area contributed by atoms with Gasteiger partial charge in [-0.2, -0.15) is 10.1 Å².